The first-order valence-electron chi connectivity index (χ1n) is 4.19. The number of hydrogen-bond donors (Lipinski definition) is 0. The number of carbonyl (C=O) groups is 1. The van der Waals surface area contributed by atoms with Crippen molar-refractivity contribution in [3.05, 3.63) is 39.3 Å². The van der Waals surface area contributed by atoms with Crippen LogP contribution in [0, 0.1) is 0 Å². The quantitative estimate of drug-likeness (QED) is 0.763. The summed E-state index contributed by atoms with van der Waals surface area (Å²) >= 11 is 18.5. The molecule has 0 spiro atoms. The minimum atomic E-state index is -0.583. The van der Waals surface area contributed by atoms with E-state index in [0.29, 0.717) is 20.6 Å². The Bertz CT molecular complexity index is 553. The van der Waals surface area contributed by atoms with Crippen molar-refractivity contribution in [1.82, 2.24) is 4.98 Å². The fourth-order valence-corrected chi connectivity index (χ4v) is 2.60. The molecule has 0 fully saturated rings. The van der Waals surface area contributed by atoms with Crippen LogP contribution in [0.4, 0.5) is 0 Å². The van der Waals surface area contributed by atoms with E-state index in [-0.39, 0.29) is 5.69 Å². The highest BCUT2D eigenvalue weighted by atomic mass is 35.5. The molecule has 0 N–H and O–H groups in total. The van der Waals surface area contributed by atoms with Crippen LogP contribution in [0.25, 0.3) is 10.6 Å². The van der Waals surface area contributed by atoms with Gasteiger partial charge in [-0.1, -0.05) is 35.3 Å². The second-order valence-corrected chi connectivity index (χ2v) is 4.90. The van der Waals surface area contributed by atoms with E-state index in [4.69, 9.17) is 34.8 Å². The van der Waals surface area contributed by atoms with E-state index < -0.39 is 5.24 Å². The number of halogens is 3. The minimum absolute atomic E-state index is 0.220. The lowest BCUT2D eigenvalue weighted by Gasteiger charge is -2.01. The lowest BCUT2D eigenvalue weighted by atomic mass is 10.2. The van der Waals surface area contributed by atoms with Gasteiger partial charge >= 0.3 is 0 Å². The third kappa shape index (κ3) is 2.23. The molecule has 0 amide bonds. The summed E-state index contributed by atoms with van der Waals surface area (Å²) in [5, 5.41) is 2.50. The molecule has 2 rings (SSSR count). The number of aromatic nitrogens is 1. The highest BCUT2D eigenvalue weighted by Gasteiger charge is 2.13. The van der Waals surface area contributed by atoms with E-state index in [2.05, 4.69) is 4.98 Å². The smallest absolute Gasteiger partial charge is 0.271 e. The number of benzene rings is 1. The van der Waals surface area contributed by atoms with Gasteiger partial charge in [0.1, 0.15) is 10.7 Å². The summed E-state index contributed by atoms with van der Waals surface area (Å²) in [5.41, 5.74) is 0.918. The summed E-state index contributed by atoms with van der Waals surface area (Å²) in [5.74, 6) is 0. The van der Waals surface area contributed by atoms with Gasteiger partial charge < -0.3 is 0 Å². The molecule has 2 nitrogen and oxygen atoms in total. The maximum atomic E-state index is 10.9. The summed E-state index contributed by atoms with van der Waals surface area (Å²) in [6, 6.07) is 5.25. The van der Waals surface area contributed by atoms with Crippen LogP contribution in [0.5, 0.6) is 0 Å². The maximum Gasteiger partial charge on any atom is 0.271 e. The number of carbonyl (C=O) groups excluding carboxylic acids is 1. The number of nitrogens with zero attached hydrogens (tertiary/aromatic N) is 1. The standard InChI is InChI=1S/C10H4Cl3NOS/c11-6-3-1-2-5(8(6)12)10-14-7(4-16-10)9(13)15/h1-4H. The molecule has 0 unspecified atom stereocenters. The Morgan fingerprint density at radius 1 is 1.31 bits per heavy atom. The zero-order valence-corrected chi connectivity index (χ0v) is 10.8. The van der Waals surface area contributed by atoms with Gasteiger partial charge in [-0.25, -0.2) is 4.98 Å². The van der Waals surface area contributed by atoms with E-state index in [1.807, 2.05) is 0 Å². The summed E-state index contributed by atoms with van der Waals surface area (Å²) in [6.07, 6.45) is 0. The SMILES string of the molecule is O=C(Cl)c1csc(-c2cccc(Cl)c2Cl)n1. The number of thiazole rings is 1. The van der Waals surface area contributed by atoms with Gasteiger partial charge in [0.15, 0.2) is 0 Å². The van der Waals surface area contributed by atoms with Crippen LogP contribution in [0.15, 0.2) is 23.6 Å². The zero-order valence-electron chi connectivity index (χ0n) is 7.71. The van der Waals surface area contributed by atoms with Crippen LogP contribution in [-0.2, 0) is 0 Å². The average Bonchev–Trinajstić information content (AvgIpc) is 2.71. The molecule has 0 saturated carbocycles. The third-order valence-electron chi connectivity index (χ3n) is 1.89. The topological polar surface area (TPSA) is 30.0 Å². The van der Waals surface area contributed by atoms with Crippen LogP contribution in [0.3, 0.4) is 0 Å². The van der Waals surface area contributed by atoms with Gasteiger partial charge in [-0.2, -0.15) is 0 Å². The molecule has 0 saturated heterocycles. The van der Waals surface area contributed by atoms with Gasteiger partial charge in [0, 0.05) is 10.9 Å². The molecule has 16 heavy (non-hydrogen) atoms. The predicted molar refractivity (Wildman–Crippen MR) is 67.8 cm³/mol. The summed E-state index contributed by atoms with van der Waals surface area (Å²) < 4.78 is 0. The molecule has 0 aliphatic heterocycles. The van der Waals surface area contributed by atoms with E-state index in [0.717, 1.165) is 0 Å². The zero-order chi connectivity index (χ0) is 11.7. The van der Waals surface area contributed by atoms with Gasteiger partial charge in [0.2, 0.25) is 0 Å². The Balaban J connectivity index is 2.50. The maximum absolute atomic E-state index is 10.9. The first-order valence-corrected chi connectivity index (χ1v) is 6.20. The Hall–Kier alpha value is -0.610. The van der Waals surface area contributed by atoms with Crippen molar-refractivity contribution >= 4 is 51.4 Å². The van der Waals surface area contributed by atoms with Crippen LogP contribution >= 0.6 is 46.1 Å². The van der Waals surface area contributed by atoms with Crippen LogP contribution < -0.4 is 0 Å². The Kier molecular flexibility index (Phi) is 3.50. The fraction of sp³-hybridized carbons (Fsp3) is 0. The predicted octanol–water partition coefficient (Wildman–Crippen LogP) is 4.50. The first kappa shape index (κ1) is 11.9. The molecule has 0 bridgehead atoms. The van der Waals surface area contributed by atoms with Crippen LogP contribution in [-0.4, -0.2) is 10.2 Å². The Morgan fingerprint density at radius 3 is 2.69 bits per heavy atom. The first-order chi connectivity index (χ1) is 7.59. The molecule has 82 valence electrons. The largest absolute Gasteiger partial charge is 0.274 e. The van der Waals surface area contributed by atoms with Crippen molar-refractivity contribution in [3.8, 4) is 10.6 Å². The van der Waals surface area contributed by atoms with E-state index in [1.165, 1.54) is 11.3 Å². The van der Waals surface area contributed by atoms with Crippen LogP contribution in [0.1, 0.15) is 10.5 Å². The summed E-state index contributed by atoms with van der Waals surface area (Å²) in [7, 11) is 0. The van der Waals surface area contributed by atoms with Gasteiger partial charge in [-0.15, -0.1) is 11.3 Å². The van der Waals surface area contributed by atoms with Crippen LogP contribution in [0.2, 0.25) is 10.0 Å². The fourth-order valence-electron chi connectivity index (χ4n) is 1.16. The van der Waals surface area contributed by atoms with E-state index in [9.17, 15) is 4.79 Å². The van der Waals surface area contributed by atoms with Gasteiger partial charge in [-0.05, 0) is 17.7 Å². The van der Waals surface area contributed by atoms with Gasteiger partial charge in [-0.3, -0.25) is 4.79 Å². The van der Waals surface area contributed by atoms with Crippen molar-refractivity contribution in [2.75, 3.05) is 0 Å². The molecule has 6 heteroatoms. The van der Waals surface area contributed by atoms with Gasteiger partial charge in [0.25, 0.3) is 5.24 Å². The lowest BCUT2D eigenvalue weighted by molar-refractivity contribution is 0.107. The van der Waals surface area contributed by atoms with E-state index >= 15 is 0 Å². The van der Waals surface area contributed by atoms with Crippen molar-refractivity contribution < 1.29 is 4.79 Å². The van der Waals surface area contributed by atoms with E-state index in [1.54, 1.807) is 23.6 Å². The number of hydrogen-bond acceptors (Lipinski definition) is 3. The van der Waals surface area contributed by atoms with Gasteiger partial charge in [0.05, 0.1) is 10.0 Å². The average molecular weight is 293 g/mol. The Morgan fingerprint density at radius 2 is 2.06 bits per heavy atom. The molecule has 0 radical (unpaired) electrons. The molecule has 1 aromatic heterocycles. The molecule has 2 aromatic rings. The molecule has 1 heterocycles. The number of rotatable bonds is 2. The normalized spacial score (nSPS) is 10.4. The molecule has 1 aromatic carbocycles. The molecule has 0 aliphatic carbocycles. The highest BCUT2D eigenvalue weighted by molar-refractivity contribution is 7.13. The van der Waals surface area contributed by atoms with Crippen molar-refractivity contribution in [2.45, 2.75) is 0 Å². The monoisotopic (exact) mass is 291 g/mol. The lowest BCUT2D eigenvalue weighted by Crippen LogP contribution is -1.88. The van der Waals surface area contributed by atoms with Crippen molar-refractivity contribution in [1.29, 1.82) is 0 Å². The van der Waals surface area contributed by atoms with Crippen molar-refractivity contribution in [2.24, 2.45) is 0 Å². The summed E-state index contributed by atoms with van der Waals surface area (Å²) in [4.78, 5) is 15.0. The summed E-state index contributed by atoms with van der Waals surface area (Å²) in [6.45, 7) is 0. The minimum Gasteiger partial charge on any atom is -0.274 e. The van der Waals surface area contributed by atoms with Crippen molar-refractivity contribution in [3.63, 3.8) is 0 Å². The molecular formula is C10H4Cl3NOS. The molecule has 0 aliphatic rings. The second kappa shape index (κ2) is 4.72. The highest BCUT2D eigenvalue weighted by Crippen LogP contribution is 2.35. The second-order valence-electron chi connectivity index (χ2n) is 2.91. The molecule has 0 atom stereocenters. The Labute approximate surface area is 111 Å². The third-order valence-corrected chi connectivity index (χ3v) is 3.78. The molecular weight excluding hydrogens is 289 g/mol.